The van der Waals surface area contributed by atoms with Crippen molar-refractivity contribution in [2.75, 3.05) is 18.9 Å². The van der Waals surface area contributed by atoms with Crippen molar-refractivity contribution in [1.29, 1.82) is 0 Å². The van der Waals surface area contributed by atoms with Crippen molar-refractivity contribution in [3.05, 3.63) is 64.7 Å². The lowest BCUT2D eigenvalue weighted by molar-refractivity contribution is -0.151. The van der Waals surface area contributed by atoms with Gasteiger partial charge in [-0.1, -0.05) is 13.0 Å². The maximum absolute atomic E-state index is 14.7. The first kappa shape index (κ1) is 34.2. The molecule has 2 aromatic rings. The van der Waals surface area contributed by atoms with Gasteiger partial charge in [-0.25, -0.2) is 22.4 Å². The predicted molar refractivity (Wildman–Crippen MR) is 147 cm³/mol. The molecule has 1 fully saturated rings. The number of amides is 2. The van der Waals surface area contributed by atoms with Crippen LogP contribution >= 0.6 is 24.2 Å². The molecule has 3 N–H and O–H groups in total. The lowest BCUT2D eigenvalue weighted by Gasteiger charge is -2.24. The van der Waals surface area contributed by atoms with Crippen LogP contribution in [0, 0.1) is 23.3 Å². The monoisotopic (exact) mass is 621 g/mol. The van der Waals surface area contributed by atoms with Gasteiger partial charge in [-0.05, 0) is 37.5 Å². The number of benzene rings is 2. The Balaban J connectivity index is 0.00000588. The molecule has 226 valence electrons. The highest BCUT2D eigenvalue weighted by molar-refractivity contribution is 8.00. The molecule has 1 aliphatic rings. The van der Waals surface area contributed by atoms with Crippen molar-refractivity contribution >= 4 is 42.0 Å². The van der Waals surface area contributed by atoms with Gasteiger partial charge in [0.1, 0.15) is 17.4 Å². The molecule has 1 heterocycles. The zero-order valence-electron chi connectivity index (χ0n) is 22.5. The van der Waals surface area contributed by atoms with Crippen LogP contribution < -0.4 is 15.8 Å². The first-order chi connectivity index (χ1) is 19.0. The van der Waals surface area contributed by atoms with E-state index < -0.39 is 58.6 Å². The summed E-state index contributed by atoms with van der Waals surface area (Å²) >= 11 is 1.23. The van der Waals surface area contributed by atoms with Crippen LogP contribution in [-0.4, -0.2) is 59.1 Å². The molecule has 2 aromatic carbocycles. The molecule has 8 nitrogen and oxygen atoms in total. The van der Waals surface area contributed by atoms with Crippen molar-refractivity contribution in [3.8, 4) is 5.75 Å². The van der Waals surface area contributed by atoms with Crippen LogP contribution in [0.25, 0.3) is 0 Å². The van der Waals surface area contributed by atoms with Crippen LogP contribution in [0.2, 0.25) is 0 Å². The van der Waals surface area contributed by atoms with E-state index in [4.69, 9.17) is 15.2 Å². The third kappa shape index (κ3) is 9.23. The Kier molecular flexibility index (Phi) is 13.2. The van der Waals surface area contributed by atoms with Crippen molar-refractivity contribution in [3.63, 3.8) is 0 Å². The summed E-state index contributed by atoms with van der Waals surface area (Å²) in [5.74, 6) is -5.06. The SMILES string of the molecule is CCOC(=O)C(CC)Oc1ccc(CNC(=O)C2SCCN2C(=O)C[C@H](N)Cc2cc(F)c(F)cc2F)c(F)c1.Cl. The summed E-state index contributed by atoms with van der Waals surface area (Å²) in [5, 5.41) is 1.74. The van der Waals surface area contributed by atoms with Crippen molar-refractivity contribution in [1.82, 2.24) is 10.2 Å². The minimum Gasteiger partial charge on any atom is -0.479 e. The number of nitrogens with zero attached hydrogens (tertiary/aromatic N) is 1. The van der Waals surface area contributed by atoms with Gasteiger partial charge >= 0.3 is 5.97 Å². The first-order valence-corrected chi connectivity index (χ1v) is 13.8. The number of rotatable bonds is 12. The number of hydrogen-bond acceptors (Lipinski definition) is 7. The van der Waals surface area contributed by atoms with E-state index in [-0.39, 0.29) is 61.8 Å². The molecule has 3 atom stereocenters. The fourth-order valence-corrected chi connectivity index (χ4v) is 5.23. The highest BCUT2D eigenvalue weighted by atomic mass is 35.5. The Bertz CT molecular complexity index is 1240. The minimum atomic E-state index is -1.32. The molecule has 0 aliphatic carbocycles. The minimum absolute atomic E-state index is 0. The van der Waals surface area contributed by atoms with Crippen molar-refractivity contribution in [2.24, 2.45) is 5.73 Å². The highest BCUT2D eigenvalue weighted by Gasteiger charge is 2.35. The van der Waals surface area contributed by atoms with E-state index in [2.05, 4.69) is 5.32 Å². The van der Waals surface area contributed by atoms with Gasteiger partial charge in [-0.3, -0.25) is 9.59 Å². The summed E-state index contributed by atoms with van der Waals surface area (Å²) in [6.07, 6.45) is -0.996. The Morgan fingerprint density at radius 3 is 2.39 bits per heavy atom. The number of nitrogens with one attached hydrogen (secondary N) is 1. The van der Waals surface area contributed by atoms with Crippen molar-refractivity contribution in [2.45, 2.75) is 57.2 Å². The third-order valence-electron chi connectivity index (χ3n) is 6.12. The summed E-state index contributed by atoms with van der Waals surface area (Å²) in [6, 6.07) is 4.24. The molecule has 0 saturated carbocycles. The smallest absolute Gasteiger partial charge is 0.347 e. The van der Waals surface area contributed by atoms with Crippen LogP contribution in [0.4, 0.5) is 17.6 Å². The lowest BCUT2D eigenvalue weighted by Crippen LogP contribution is -2.46. The van der Waals surface area contributed by atoms with Crippen LogP contribution in [0.3, 0.4) is 0 Å². The quantitative estimate of drug-likeness (QED) is 0.210. The zero-order valence-corrected chi connectivity index (χ0v) is 24.1. The number of ether oxygens (including phenoxy) is 2. The number of hydrogen-bond donors (Lipinski definition) is 2. The Morgan fingerprint density at radius 1 is 1.05 bits per heavy atom. The second-order valence-electron chi connectivity index (χ2n) is 9.07. The second kappa shape index (κ2) is 15.8. The van der Waals surface area contributed by atoms with E-state index in [1.807, 2.05) is 0 Å². The predicted octanol–water partition coefficient (Wildman–Crippen LogP) is 3.86. The molecule has 41 heavy (non-hydrogen) atoms. The third-order valence-corrected chi connectivity index (χ3v) is 7.32. The number of carbonyl (C=O) groups excluding carboxylic acids is 3. The van der Waals surface area contributed by atoms with E-state index in [9.17, 15) is 31.9 Å². The average Bonchev–Trinajstić information content (AvgIpc) is 3.40. The van der Waals surface area contributed by atoms with Crippen molar-refractivity contribution < 1.29 is 41.4 Å². The molecule has 14 heteroatoms. The standard InChI is InChI=1S/C27H31F4N3O5S.ClH/c1-3-23(27(37)38-4-2)39-18-6-5-15(19(28)12-18)14-33-25(36)26-34(7-8-40-26)24(35)11-17(32)9-16-10-21(30)22(31)13-20(16)29;/h5-6,10,12-13,17,23,26H,3-4,7-9,11,14,32H2,1-2H3,(H,33,36);1H/t17-,23?,26?;/m1./s1. The summed E-state index contributed by atoms with van der Waals surface area (Å²) in [5.41, 5.74) is 5.98. The average molecular weight is 622 g/mol. The fourth-order valence-electron chi connectivity index (χ4n) is 4.07. The maximum atomic E-state index is 14.7. The van der Waals surface area contributed by atoms with Crippen LogP contribution in [0.15, 0.2) is 30.3 Å². The van der Waals surface area contributed by atoms with Gasteiger partial charge in [0.05, 0.1) is 6.61 Å². The number of carbonyl (C=O) groups is 3. The molecule has 1 aliphatic heterocycles. The van der Waals surface area contributed by atoms with Gasteiger partial charge in [0.2, 0.25) is 5.91 Å². The zero-order chi connectivity index (χ0) is 29.4. The van der Waals surface area contributed by atoms with E-state index in [0.717, 1.165) is 6.07 Å². The largest absolute Gasteiger partial charge is 0.479 e. The molecular formula is C27H32ClF4N3O5S. The van der Waals surface area contributed by atoms with Gasteiger partial charge in [0.25, 0.3) is 5.91 Å². The Labute approximate surface area is 245 Å². The first-order valence-electron chi connectivity index (χ1n) is 12.7. The Morgan fingerprint density at radius 2 is 1.73 bits per heavy atom. The number of thioether (sulfide) groups is 1. The van der Waals surface area contributed by atoms with Crippen LogP contribution in [-0.2, 0) is 32.1 Å². The molecule has 2 amide bonds. The van der Waals surface area contributed by atoms with Gasteiger partial charge in [0, 0.05) is 49.0 Å². The van der Waals surface area contributed by atoms with E-state index in [1.54, 1.807) is 13.8 Å². The molecule has 0 aromatic heterocycles. The summed E-state index contributed by atoms with van der Waals surface area (Å²) in [4.78, 5) is 38.9. The molecule has 1 saturated heterocycles. The molecule has 0 radical (unpaired) electrons. The lowest BCUT2D eigenvalue weighted by atomic mass is 10.0. The second-order valence-corrected chi connectivity index (χ2v) is 10.3. The van der Waals surface area contributed by atoms with Gasteiger partial charge in [-0.2, -0.15) is 0 Å². The van der Waals surface area contributed by atoms with E-state index in [1.165, 1.54) is 28.8 Å². The molecule has 0 bridgehead atoms. The molecule has 2 unspecified atom stereocenters. The molecule has 3 rings (SSSR count). The van der Waals surface area contributed by atoms with Crippen LogP contribution in [0.1, 0.15) is 37.8 Å². The summed E-state index contributed by atoms with van der Waals surface area (Å²) in [7, 11) is 0. The molecular weight excluding hydrogens is 590 g/mol. The highest BCUT2D eigenvalue weighted by Crippen LogP contribution is 2.26. The number of nitrogens with two attached hydrogens (primary N) is 1. The van der Waals surface area contributed by atoms with Gasteiger partial charge in [-0.15, -0.1) is 24.2 Å². The van der Waals surface area contributed by atoms with E-state index in [0.29, 0.717) is 24.3 Å². The van der Waals surface area contributed by atoms with E-state index >= 15 is 0 Å². The summed E-state index contributed by atoms with van der Waals surface area (Å²) in [6.45, 7) is 3.71. The van der Waals surface area contributed by atoms with Gasteiger partial charge < -0.3 is 25.4 Å². The maximum Gasteiger partial charge on any atom is 0.347 e. The van der Waals surface area contributed by atoms with Gasteiger partial charge in [0.15, 0.2) is 23.1 Å². The van der Waals surface area contributed by atoms with Crippen LogP contribution in [0.5, 0.6) is 5.75 Å². The Hall–Kier alpha value is -3.03. The topological polar surface area (TPSA) is 111 Å². The summed E-state index contributed by atoms with van der Waals surface area (Å²) < 4.78 is 65.7. The fraction of sp³-hybridized carbons (Fsp3) is 0.444. The number of halogens is 5. The number of esters is 1. The molecule has 0 spiro atoms. The normalized spacial score (nSPS) is 16.0.